The topological polar surface area (TPSA) is 83.9 Å². The molecule has 0 atom stereocenters. The summed E-state index contributed by atoms with van der Waals surface area (Å²) in [5, 5.41) is 21.2. The summed E-state index contributed by atoms with van der Waals surface area (Å²) < 4.78 is 1.48. The van der Waals surface area contributed by atoms with E-state index >= 15 is 0 Å². The molecule has 21 heavy (non-hydrogen) atoms. The summed E-state index contributed by atoms with van der Waals surface area (Å²) in [6, 6.07) is 5.27. The molecule has 0 amide bonds. The minimum Gasteiger partial charge on any atom is -0.389 e. The van der Waals surface area contributed by atoms with E-state index in [0.717, 1.165) is 0 Å². The van der Waals surface area contributed by atoms with Gasteiger partial charge in [-0.15, -0.1) is 0 Å². The van der Waals surface area contributed by atoms with E-state index in [4.69, 9.17) is 0 Å². The van der Waals surface area contributed by atoms with Crippen molar-refractivity contribution >= 4 is 11.5 Å². The van der Waals surface area contributed by atoms with Gasteiger partial charge in [-0.3, -0.25) is 4.90 Å². The zero-order chi connectivity index (χ0) is 15.6. The van der Waals surface area contributed by atoms with Crippen LogP contribution in [0.5, 0.6) is 0 Å². The van der Waals surface area contributed by atoms with E-state index in [0.29, 0.717) is 31.0 Å². The number of pyridine rings is 1. The third kappa shape index (κ3) is 3.56. The third-order valence-electron chi connectivity index (χ3n) is 3.18. The highest BCUT2D eigenvalue weighted by atomic mass is 16.6. The van der Waals surface area contributed by atoms with Crippen molar-refractivity contribution in [3.8, 4) is 0 Å². The lowest BCUT2D eigenvalue weighted by molar-refractivity contribution is -0.391. The van der Waals surface area contributed by atoms with Crippen molar-refractivity contribution < 1.29 is 10.0 Å². The maximum absolute atomic E-state index is 11.3. The van der Waals surface area contributed by atoms with Gasteiger partial charge in [0.15, 0.2) is 5.69 Å². The minimum absolute atomic E-state index is 0.0141. The Kier molecular flexibility index (Phi) is 4.24. The number of likely N-dealkylation sites (N-methyl/N-ethyl adjacent to an activating group) is 1. The number of imidazole rings is 1. The maximum Gasteiger partial charge on any atom is 0.352 e. The fourth-order valence-electron chi connectivity index (χ4n) is 2.37. The SMILES string of the molecule is CCN(Cc1nc2ccccn2c1[N+](=O)[O-])CC(C)(C)O. The average Bonchev–Trinajstić information content (AvgIpc) is 2.74. The second-order valence-corrected chi connectivity index (χ2v) is 5.68. The number of nitro groups is 1. The number of fused-ring (bicyclic) bond motifs is 1. The van der Waals surface area contributed by atoms with E-state index in [2.05, 4.69) is 4.98 Å². The second-order valence-electron chi connectivity index (χ2n) is 5.68. The molecule has 0 radical (unpaired) electrons. The van der Waals surface area contributed by atoms with E-state index in [-0.39, 0.29) is 5.82 Å². The Bertz CT molecular complexity index is 645. The van der Waals surface area contributed by atoms with Crippen LogP contribution in [0.25, 0.3) is 5.65 Å². The summed E-state index contributed by atoms with van der Waals surface area (Å²) >= 11 is 0. The Morgan fingerprint density at radius 1 is 1.48 bits per heavy atom. The highest BCUT2D eigenvalue weighted by Crippen LogP contribution is 2.22. The highest BCUT2D eigenvalue weighted by molar-refractivity contribution is 5.48. The van der Waals surface area contributed by atoms with E-state index in [9.17, 15) is 15.2 Å². The van der Waals surface area contributed by atoms with Gasteiger partial charge < -0.3 is 15.2 Å². The molecule has 2 heterocycles. The largest absolute Gasteiger partial charge is 0.389 e. The summed E-state index contributed by atoms with van der Waals surface area (Å²) in [5.74, 6) is -0.0141. The van der Waals surface area contributed by atoms with E-state index in [1.54, 1.807) is 38.2 Å². The van der Waals surface area contributed by atoms with Crippen LogP contribution in [0.4, 0.5) is 5.82 Å². The van der Waals surface area contributed by atoms with Gasteiger partial charge in [-0.2, -0.15) is 4.40 Å². The minimum atomic E-state index is -0.857. The van der Waals surface area contributed by atoms with Crippen molar-refractivity contribution in [2.24, 2.45) is 0 Å². The molecule has 0 aliphatic heterocycles. The van der Waals surface area contributed by atoms with Crippen molar-refractivity contribution in [1.82, 2.24) is 14.3 Å². The molecule has 0 saturated carbocycles. The van der Waals surface area contributed by atoms with Gasteiger partial charge in [-0.1, -0.05) is 13.0 Å². The molecule has 0 saturated heterocycles. The lowest BCUT2D eigenvalue weighted by Gasteiger charge is -2.27. The summed E-state index contributed by atoms with van der Waals surface area (Å²) in [7, 11) is 0. The van der Waals surface area contributed by atoms with Crippen LogP contribution in [0, 0.1) is 10.1 Å². The van der Waals surface area contributed by atoms with Gasteiger partial charge in [0, 0.05) is 19.2 Å². The molecule has 0 aromatic carbocycles. The molecule has 0 fully saturated rings. The fourth-order valence-corrected chi connectivity index (χ4v) is 2.37. The molecule has 2 rings (SSSR count). The highest BCUT2D eigenvalue weighted by Gasteiger charge is 2.25. The van der Waals surface area contributed by atoms with Gasteiger partial charge >= 0.3 is 5.82 Å². The number of rotatable bonds is 6. The normalized spacial score (nSPS) is 12.2. The van der Waals surface area contributed by atoms with E-state index < -0.39 is 10.5 Å². The molecular weight excluding hydrogens is 272 g/mol. The lowest BCUT2D eigenvalue weighted by atomic mass is 10.1. The third-order valence-corrected chi connectivity index (χ3v) is 3.18. The van der Waals surface area contributed by atoms with Gasteiger partial charge in [0.05, 0.1) is 11.8 Å². The Labute approximate surface area is 123 Å². The Morgan fingerprint density at radius 2 is 2.19 bits per heavy atom. The van der Waals surface area contributed by atoms with E-state index in [1.165, 1.54) is 4.40 Å². The number of hydrogen-bond acceptors (Lipinski definition) is 5. The molecule has 1 N–H and O–H groups in total. The Hall–Kier alpha value is -1.99. The van der Waals surface area contributed by atoms with Crippen LogP contribution >= 0.6 is 0 Å². The number of hydrogen-bond donors (Lipinski definition) is 1. The molecule has 114 valence electrons. The van der Waals surface area contributed by atoms with Crippen LogP contribution in [0.2, 0.25) is 0 Å². The van der Waals surface area contributed by atoms with Gasteiger partial charge in [0.1, 0.15) is 0 Å². The fraction of sp³-hybridized carbons (Fsp3) is 0.500. The Balaban J connectivity index is 2.37. The van der Waals surface area contributed by atoms with Crippen molar-refractivity contribution in [2.75, 3.05) is 13.1 Å². The molecule has 0 spiro atoms. The zero-order valence-electron chi connectivity index (χ0n) is 12.5. The maximum atomic E-state index is 11.3. The zero-order valence-corrected chi connectivity index (χ0v) is 12.5. The van der Waals surface area contributed by atoms with Crippen molar-refractivity contribution in [3.05, 3.63) is 40.2 Å². The molecule has 0 unspecified atom stereocenters. The van der Waals surface area contributed by atoms with Crippen molar-refractivity contribution in [2.45, 2.75) is 32.9 Å². The van der Waals surface area contributed by atoms with Crippen LogP contribution in [0.15, 0.2) is 24.4 Å². The predicted molar refractivity (Wildman–Crippen MR) is 79.1 cm³/mol. The standard InChI is InChI=1S/C14H20N4O3/c1-4-16(10-14(2,3)19)9-11-13(18(20)21)17-8-6-5-7-12(17)15-11/h5-8,19H,4,9-10H2,1-3H3. The number of nitrogens with zero attached hydrogens (tertiary/aromatic N) is 4. The van der Waals surface area contributed by atoms with Gasteiger partial charge in [-0.25, -0.2) is 4.98 Å². The first-order valence-corrected chi connectivity index (χ1v) is 6.87. The summed E-state index contributed by atoms with van der Waals surface area (Å²) in [6.07, 6.45) is 1.64. The van der Waals surface area contributed by atoms with Crippen molar-refractivity contribution in [1.29, 1.82) is 0 Å². The smallest absolute Gasteiger partial charge is 0.352 e. The lowest BCUT2D eigenvalue weighted by Crippen LogP contribution is -2.38. The van der Waals surface area contributed by atoms with Crippen LogP contribution in [-0.4, -0.2) is 43.0 Å². The summed E-state index contributed by atoms with van der Waals surface area (Å²) in [4.78, 5) is 17.2. The first-order chi connectivity index (χ1) is 9.81. The van der Waals surface area contributed by atoms with E-state index in [1.807, 2.05) is 11.8 Å². The Morgan fingerprint density at radius 3 is 2.76 bits per heavy atom. The van der Waals surface area contributed by atoms with Crippen LogP contribution in [0.1, 0.15) is 26.5 Å². The first kappa shape index (κ1) is 15.4. The van der Waals surface area contributed by atoms with Crippen LogP contribution in [0.3, 0.4) is 0 Å². The quantitative estimate of drug-likeness (QED) is 0.648. The molecule has 0 aliphatic carbocycles. The van der Waals surface area contributed by atoms with Crippen LogP contribution < -0.4 is 0 Å². The molecular formula is C14H20N4O3. The van der Waals surface area contributed by atoms with Gasteiger partial charge in [0.2, 0.25) is 5.65 Å². The molecule has 7 heteroatoms. The molecule has 7 nitrogen and oxygen atoms in total. The molecule has 2 aromatic heterocycles. The molecule has 0 bridgehead atoms. The van der Waals surface area contributed by atoms with Crippen molar-refractivity contribution in [3.63, 3.8) is 0 Å². The second kappa shape index (κ2) is 5.79. The summed E-state index contributed by atoms with van der Waals surface area (Å²) in [6.45, 7) is 6.82. The van der Waals surface area contributed by atoms with Gasteiger partial charge in [-0.05, 0) is 31.4 Å². The molecule has 2 aromatic rings. The number of aromatic nitrogens is 2. The first-order valence-electron chi connectivity index (χ1n) is 6.87. The monoisotopic (exact) mass is 292 g/mol. The summed E-state index contributed by atoms with van der Waals surface area (Å²) in [5.41, 5.74) is 0.111. The number of aliphatic hydroxyl groups is 1. The van der Waals surface area contributed by atoms with Gasteiger partial charge in [0.25, 0.3) is 0 Å². The molecule has 0 aliphatic rings. The average molecular weight is 292 g/mol. The predicted octanol–water partition coefficient (Wildman–Crippen LogP) is 1.84. The van der Waals surface area contributed by atoms with Crippen LogP contribution in [-0.2, 0) is 6.54 Å².